The minimum absolute atomic E-state index is 0.287. The minimum atomic E-state index is -0.650. The molecule has 0 unspecified atom stereocenters. The van der Waals surface area contributed by atoms with Crippen LogP contribution in [0.25, 0.3) is 0 Å². The molecule has 0 aliphatic heterocycles. The first-order valence-electron chi connectivity index (χ1n) is 7.66. The van der Waals surface area contributed by atoms with Crippen LogP contribution >= 0.6 is 0 Å². The monoisotopic (exact) mass is 326 g/mol. The van der Waals surface area contributed by atoms with E-state index in [1.165, 1.54) is 0 Å². The number of hydrogen-bond donors (Lipinski definition) is 3. The number of rotatable bonds is 4. The largest absolute Gasteiger partial charge is 0.325 e. The van der Waals surface area contributed by atoms with Gasteiger partial charge in [-0.2, -0.15) is 0 Å². The fraction of sp³-hybridized carbons (Fsp3) is 0.278. The van der Waals surface area contributed by atoms with Crippen LogP contribution < -0.4 is 16.4 Å². The molecule has 0 saturated carbocycles. The zero-order valence-corrected chi connectivity index (χ0v) is 14.0. The molecule has 0 spiro atoms. The van der Waals surface area contributed by atoms with Crippen LogP contribution in [0.15, 0.2) is 48.7 Å². The van der Waals surface area contributed by atoms with Crippen LogP contribution in [0, 0.1) is 5.41 Å². The average Bonchev–Trinajstić information content (AvgIpc) is 2.54. The smallest absolute Gasteiger partial charge is 0.256 e. The van der Waals surface area contributed by atoms with Gasteiger partial charge in [0.25, 0.3) is 5.91 Å². The Morgan fingerprint density at radius 3 is 2.46 bits per heavy atom. The molecule has 2 aromatic rings. The normalized spacial score (nSPS) is 12.3. The quantitative estimate of drug-likeness (QED) is 0.804. The highest BCUT2D eigenvalue weighted by atomic mass is 16.2. The van der Waals surface area contributed by atoms with Crippen molar-refractivity contribution in [3.05, 3.63) is 54.2 Å². The summed E-state index contributed by atoms with van der Waals surface area (Å²) in [4.78, 5) is 28.5. The standard InChI is InChI=1S/C18H22N4O2/c1-18(2,3)15(19)17(24)21-13-8-6-7-12(11-13)16(23)22-14-9-4-5-10-20-14/h4-11,15H,19H2,1-3H3,(H,21,24)(H,20,22,23)/t15-/m1/s1. The maximum Gasteiger partial charge on any atom is 0.256 e. The van der Waals surface area contributed by atoms with Gasteiger partial charge in [-0.1, -0.05) is 32.9 Å². The highest BCUT2D eigenvalue weighted by Gasteiger charge is 2.27. The van der Waals surface area contributed by atoms with Crippen molar-refractivity contribution in [2.75, 3.05) is 10.6 Å². The van der Waals surface area contributed by atoms with Crippen molar-refractivity contribution in [1.82, 2.24) is 4.98 Å². The van der Waals surface area contributed by atoms with Crippen molar-refractivity contribution in [2.45, 2.75) is 26.8 Å². The third-order valence-corrected chi connectivity index (χ3v) is 3.51. The van der Waals surface area contributed by atoms with Crippen LogP contribution in [0.4, 0.5) is 11.5 Å². The van der Waals surface area contributed by atoms with Crippen molar-refractivity contribution in [1.29, 1.82) is 0 Å². The van der Waals surface area contributed by atoms with Crippen molar-refractivity contribution in [2.24, 2.45) is 11.1 Å². The second kappa shape index (κ2) is 7.23. The van der Waals surface area contributed by atoms with Crippen molar-refractivity contribution in [3.63, 3.8) is 0 Å². The highest BCUT2D eigenvalue weighted by molar-refractivity contribution is 6.05. The van der Waals surface area contributed by atoms with E-state index in [9.17, 15) is 9.59 Å². The van der Waals surface area contributed by atoms with E-state index in [0.717, 1.165) is 0 Å². The number of carbonyl (C=O) groups excluding carboxylic acids is 2. The zero-order chi connectivity index (χ0) is 17.7. The predicted molar refractivity (Wildman–Crippen MR) is 94.7 cm³/mol. The van der Waals surface area contributed by atoms with Gasteiger partial charge in [-0.05, 0) is 35.7 Å². The van der Waals surface area contributed by atoms with Crippen LogP contribution in [0.3, 0.4) is 0 Å². The third-order valence-electron chi connectivity index (χ3n) is 3.51. The van der Waals surface area contributed by atoms with Crippen molar-refractivity contribution < 1.29 is 9.59 Å². The van der Waals surface area contributed by atoms with E-state index in [1.54, 1.807) is 48.7 Å². The predicted octanol–water partition coefficient (Wildman–Crippen LogP) is 2.65. The summed E-state index contributed by atoms with van der Waals surface area (Å²) in [5.41, 5.74) is 6.53. The Morgan fingerprint density at radius 2 is 1.83 bits per heavy atom. The lowest BCUT2D eigenvalue weighted by Crippen LogP contribution is -2.45. The van der Waals surface area contributed by atoms with Gasteiger partial charge in [-0.15, -0.1) is 0 Å². The Balaban J connectivity index is 2.08. The van der Waals surface area contributed by atoms with Gasteiger partial charge in [0, 0.05) is 17.4 Å². The lowest BCUT2D eigenvalue weighted by molar-refractivity contribution is -0.119. The maximum absolute atomic E-state index is 12.3. The van der Waals surface area contributed by atoms with Gasteiger partial charge < -0.3 is 16.4 Å². The molecule has 0 saturated heterocycles. The van der Waals surface area contributed by atoms with Crippen LogP contribution in [0.1, 0.15) is 31.1 Å². The van der Waals surface area contributed by atoms with E-state index in [1.807, 2.05) is 20.8 Å². The number of anilines is 2. The number of nitrogens with two attached hydrogens (primary N) is 1. The Bertz CT molecular complexity index is 723. The lowest BCUT2D eigenvalue weighted by Gasteiger charge is -2.25. The molecule has 1 aromatic heterocycles. The number of nitrogens with zero attached hydrogens (tertiary/aromatic N) is 1. The summed E-state index contributed by atoms with van der Waals surface area (Å²) in [5, 5.41) is 5.45. The van der Waals surface area contributed by atoms with Gasteiger partial charge in [0.2, 0.25) is 5.91 Å². The molecule has 2 amide bonds. The molecule has 0 fully saturated rings. The van der Waals surface area contributed by atoms with Gasteiger partial charge in [-0.25, -0.2) is 4.98 Å². The molecule has 6 heteroatoms. The van der Waals surface area contributed by atoms with E-state index in [2.05, 4.69) is 15.6 Å². The van der Waals surface area contributed by atoms with Gasteiger partial charge in [0.1, 0.15) is 5.82 Å². The lowest BCUT2D eigenvalue weighted by atomic mass is 9.87. The van der Waals surface area contributed by atoms with Gasteiger partial charge in [0.15, 0.2) is 0 Å². The molecule has 126 valence electrons. The number of hydrogen-bond acceptors (Lipinski definition) is 4. The van der Waals surface area contributed by atoms with Crippen LogP contribution in [-0.2, 0) is 4.79 Å². The first kappa shape index (κ1) is 17.6. The Labute approximate surface area is 141 Å². The van der Waals surface area contributed by atoms with Gasteiger partial charge in [0.05, 0.1) is 6.04 Å². The molecule has 0 aliphatic rings. The summed E-state index contributed by atoms with van der Waals surface area (Å²) in [6.45, 7) is 5.69. The number of pyridine rings is 1. The maximum atomic E-state index is 12.3. The third kappa shape index (κ3) is 4.63. The molecule has 0 bridgehead atoms. The van der Waals surface area contributed by atoms with Crippen molar-refractivity contribution >= 4 is 23.3 Å². The molecule has 1 atom stereocenters. The van der Waals surface area contributed by atoms with Gasteiger partial charge in [-0.3, -0.25) is 9.59 Å². The molecule has 0 radical (unpaired) electrons. The number of amides is 2. The summed E-state index contributed by atoms with van der Waals surface area (Å²) in [7, 11) is 0. The number of nitrogens with one attached hydrogen (secondary N) is 2. The van der Waals surface area contributed by atoms with Gasteiger partial charge >= 0.3 is 0 Å². The summed E-state index contributed by atoms with van der Waals surface area (Å²) >= 11 is 0. The van der Waals surface area contributed by atoms with E-state index in [-0.39, 0.29) is 17.2 Å². The summed E-state index contributed by atoms with van der Waals surface area (Å²) < 4.78 is 0. The number of benzene rings is 1. The molecule has 0 aliphatic carbocycles. The Morgan fingerprint density at radius 1 is 1.08 bits per heavy atom. The molecule has 1 aromatic carbocycles. The summed E-state index contributed by atoms with van der Waals surface area (Å²) in [6, 6.07) is 11.3. The Kier molecular flexibility index (Phi) is 5.31. The van der Waals surface area contributed by atoms with Crippen LogP contribution in [0.5, 0.6) is 0 Å². The minimum Gasteiger partial charge on any atom is -0.325 e. The second-order valence-electron chi connectivity index (χ2n) is 6.58. The number of aromatic nitrogens is 1. The first-order chi connectivity index (χ1) is 11.3. The zero-order valence-electron chi connectivity index (χ0n) is 14.0. The number of carbonyl (C=O) groups is 2. The molecule has 24 heavy (non-hydrogen) atoms. The first-order valence-corrected chi connectivity index (χ1v) is 7.66. The summed E-state index contributed by atoms with van der Waals surface area (Å²) in [6.07, 6.45) is 1.60. The van der Waals surface area contributed by atoms with Crippen LogP contribution in [0.2, 0.25) is 0 Å². The molecule has 1 heterocycles. The van der Waals surface area contributed by atoms with E-state index < -0.39 is 6.04 Å². The molecular formula is C18H22N4O2. The van der Waals surface area contributed by atoms with E-state index in [0.29, 0.717) is 17.1 Å². The fourth-order valence-corrected chi connectivity index (χ4v) is 1.98. The van der Waals surface area contributed by atoms with Crippen molar-refractivity contribution in [3.8, 4) is 0 Å². The SMILES string of the molecule is CC(C)(C)[C@H](N)C(=O)Nc1cccc(C(=O)Nc2ccccn2)c1. The highest BCUT2D eigenvalue weighted by Crippen LogP contribution is 2.19. The van der Waals surface area contributed by atoms with Crippen LogP contribution in [-0.4, -0.2) is 22.8 Å². The molecule has 2 rings (SSSR count). The molecule has 4 N–H and O–H groups in total. The summed E-state index contributed by atoms with van der Waals surface area (Å²) in [5.74, 6) is -0.124. The second-order valence-corrected chi connectivity index (χ2v) is 6.58. The van der Waals surface area contributed by atoms with E-state index in [4.69, 9.17) is 5.73 Å². The average molecular weight is 326 g/mol. The fourth-order valence-electron chi connectivity index (χ4n) is 1.98. The Hall–Kier alpha value is -2.73. The topological polar surface area (TPSA) is 97.1 Å². The van der Waals surface area contributed by atoms with E-state index >= 15 is 0 Å². The molecular weight excluding hydrogens is 304 g/mol. The molecule has 6 nitrogen and oxygen atoms in total.